The van der Waals surface area contributed by atoms with Gasteiger partial charge in [-0.15, -0.1) is 0 Å². The summed E-state index contributed by atoms with van der Waals surface area (Å²) < 4.78 is 20.6. The Kier molecular flexibility index (Phi) is 5.57. The molecule has 5 heteroatoms. The average Bonchev–Trinajstić information content (AvgIpc) is 2.44. The SMILES string of the molecule is CNCc1cc(OCc2cccc(F)c2Br)ccc1Br. The maximum atomic E-state index is 13.4. The number of benzene rings is 2. The summed E-state index contributed by atoms with van der Waals surface area (Å²) in [7, 11) is 1.89. The molecule has 0 heterocycles. The molecule has 0 radical (unpaired) electrons. The normalized spacial score (nSPS) is 10.6. The molecular weight excluding hydrogens is 389 g/mol. The van der Waals surface area contributed by atoms with Crippen LogP contribution in [0.3, 0.4) is 0 Å². The van der Waals surface area contributed by atoms with Gasteiger partial charge in [-0.1, -0.05) is 28.1 Å². The molecule has 2 rings (SSSR count). The number of hydrogen-bond donors (Lipinski definition) is 1. The van der Waals surface area contributed by atoms with Crippen molar-refractivity contribution in [1.82, 2.24) is 5.32 Å². The van der Waals surface area contributed by atoms with Gasteiger partial charge >= 0.3 is 0 Å². The number of halogens is 3. The van der Waals surface area contributed by atoms with Gasteiger partial charge in [0, 0.05) is 16.6 Å². The van der Waals surface area contributed by atoms with Gasteiger partial charge in [0.1, 0.15) is 18.2 Å². The van der Waals surface area contributed by atoms with E-state index in [1.165, 1.54) is 6.07 Å². The molecule has 0 spiro atoms. The van der Waals surface area contributed by atoms with Gasteiger partial charge in [0.25, 0.3) is 0 Å². The Morgan fingerprint density at radius 2 is 1.95 bits per heavy atom. The van der Waals surface area contributed by atoms with Crippen molar-refractivity contribution in [1.29, 1.82) is 0 Å². The maximum absolute atomic E-state index is 13.4. The summed E-state index contributed by atoms with van der Waals surface area (Å²) in [5.74, 6) is 0.479. The van der Waals surface area contributed by atoms with E-state index in [0.29, 0.717) is 11.1 Å². The second-order valence-electron chi connectivity index (χ2n) is 4.29. The Morgan fingerprint density at radius 3 is 2.70 bits per heavy atom. The molecule has 0 aromatic heterocycles. The Bertz CT molecular complexity index is 604. The van der Waals surface area contributed by atoms with Gasteiger partial charge in [-0.25, -0.2) is 4.39 Å². The van der Waals surface area contributed by atoms with Gasteiger partial charge < -0.3 is 10.1 Å². The minimum atomic E-state index is -0.280. The van der Waals surface area contributed by atoms with Gasteiger partial charge in [-0.05, 0) is 52.8 Å². The molecule has 2 aromatic carbocycles. The predicted octanol–water partition coefficient (Wildman–Crippen LogP) is 4.65. The highest BCUT2D eigenvalue weighted by molar-refractivity contribution is 9.10. The van der Waals surface area contributed by atoms with E-state index in [2.05, 4.69) is 37.2 Å². The van der Waals surface area contributed by atoms with Gasteiger partial charge in [0.2, 0.25) is 0 Å². The van der Waals surface area contributed by atoms with Gasteiger partial charge in [-0.2, -0.15) is 0 Å². The highest BCUT2D eigenvalue weighted by Gasteiger charge is 2.07. The number of rotatable bonds is 5. The van der Waals surface area contributed by atoms with E-state index in [4.69, 9.17) is 4.74 Å². The van der Waals surface area contributed by atoms with Crippen LogP contribution in [0.1, 0.15) is 11.1 Å². The fourth-order valence-electron chi connectivity index (χ4n) is 1.79. The summed E-state index contributed by atoms with van der Waals surface area (Å²) >= 11 is 6.73. The van der Waals surface area contributed by atoms with Crippen LogP contribution in [0.4, 0.5) is 4.39 Å². The van der Waals surface area contributed by atoms with Crippen LogP contribution in [-0.4, -0.2) is 7.05 Å². The van der Waals surface area contributed by atoms with Gasteiger partial charge in [0.15, 0.2) is 0 Å². The van der Waals surface area contributed by atoms with Crippen molar-refractivity contribution in [2.75, 3.05) is 7.05 Å². The van der Waals surface area contributed by atoms with E-state index in [9.17, 15) is 4.39 Å². The second-order valence-corrected chi connectivity index (χ2v) is 5.93. The van der Waals surface area contributed by atoms with Crippen molar-refractivity contribution < 1.29 is 9.13 Å². The highest BCUT2D eigenvalue weighted by atomic mass is 79.9. The first-order valence-corrected chi connectivity index (χ1v) is 7.69. The first-order chi connectivity index (χ1) is 9.61. The summed E-state index contributed by atoms with van der Waals surface area (Å²) in [6.07, 6.45) is 0. The smallest absolute Gasteiger partial charge is 0.137 e. The van der Waals surface area contributed by atoms with Crippen LogP contribution in [0.25, 0.3) is 0 Å². The van der Waals surface area contributed by atoms with Crippen LogP contribution in [0, 0.1) is 5.82 Å². The first-order valence-electron chi connectivity index (χ1n) is 6.10. The van der Waals surface area contributed by atoms with Crippen LogP contribution < -0.4 is 10.1 Å². The third-order valence-electron chi connectivity index (χ3n) is 2.81. The lowest BCUT2D eigenvalue weighted by molar-refractivity contribution is 0.304. The van der Waals surface area contributed by atoms with E-state index in [0.717, 1.165) is 27.9 Å². The molecule has 1 N–H and O–H groups in total. The van der Waals surface area contributed by atoms with Gasteiger partial charge in [0.05, 0.1) is 4.47 Å². The van der Waals surface area contributed by atoms with Crippen LogP contribution in [0.2, 0.25) is 0 Å². The Labute approximate surface area is 134 Å². The molecule has 0 aliphatic carbocycles. The topological polar surface area (TPSA) is 21.3 Å². The monoisotopic (exact) mass is 401 g/mol. The zero-order valence-corrected chi connectivity index (χ0v) is 14.1. The number of nitrogens with one attached hydrogen (secondary N) is 1. The molecule has 0 saturated carbocycles. The zero-order chi connectivity index (χ0) is 14.5. The molecular formula is C15H14Br2FNO. The molecule has 0 saturated heterocycles. The molecule has 0 aliphatic rings. The molecule has 0 bridgehead atoms. The van der Waals surface area contributed by atoms with Crippen LogP contribution in [0.15, 0.2) is 45.3 Å². The van der Waals surface area contributed by atoms with E-state index < -0.39 is 0 Å². The quantitative estimate of drug-likeness (QED) is 0.785. The van der Waals surface area contributed by atoms with Crippen molar-refractivity contribution in [2.24, 2.45) is 0 Å². The van der Waals surface area contributed by atoms with Crippen LogP contribution in [-0.2, 0) is 13.2 Å². The third-order valence-corrected chi connectivity index (χ3v) is 4.47. The van der Waals surface area contributed by atoms with Crippen LogP contribution >= 0.6 is 31.9 Å². The predicted molar refractivity (Wildman–Crippen MR) is 85.3 cm³/mol. The number of hydrogen-bond acceptors (Lipinski definition) is 2. The summed E-state index contributed by atoms with van der Waals surface area (Å²) in [4.78, 5) is 0. The zero-order valence-electron chi connectivity index (χ0n) is 10.9. The molecule has 0 amide bonds. The largest absolute Gasteiger partial charge is 0.489 e. The Morgan fingerprint density at radius 1 is 1.15 bits per heavy atom. The van der Waals surface area contributed by atoms with Crippen molar-refractivity contribution in [3.05, 3.63) is 62.3 Å². The standard InChI is InChI=1S/C15H14Br2FNO/c1-19-8-11-7-12(5-6-13(11)16)20-9-10-3-2-4-14(18)15(10)17/h2-7,19H,8-9H2,1H3. The molecule has 106 valence electrons. The third kappa shape index (κ3) is 3.81. The van der Waals surface area contributed by atoms with Crippen molar-refractivity contribution >= 4 is 31.9 Å². The van der Waals surface area contributed by atoms with E-state index >= 15 is 0 Å². The summed E-state index contributed by atoms with van der Waals surface area (Å²) in [6.45, 7) is 1.07. The van der Waals surface area contributed by atoms with E-state index in [1.807, 2.05) is 31.3 Å². The minimum absolute atomic E-state index is 0.280. The lowest BCUT2D eigenvalue weighted by Crippen LogP contribution is -2.06. The highest BCUT2D eigenvalue weighted by Crippen LogP contribution is 2.25. The van der Waals surface area contributed by atoms with E-state index in [1.54, 1.807) is 6.07 Å². The average molecular weight is 403 g/mol. The van der Waals surface area contributed by atoms with Crippen LogP contribution in [0.5, 0.6) is 5.75 Å². The summed E-state index contributed by atoms with van der Waals surface area (Å²) in [5.41, 5.74) is 1.89. The molecule has 0 atom stereocenters. The lowest BCUT2D eigenvalue weighted by Gasteiger charge is -2.11. The molecule has 2 nitrogen and oxygen atoms in total. The Hall–Kier alpha value is -0.910. The molecule has 2 aromatic rings. The van der Waals surface area contributed by atoms with Crippen molar-refractivity contribution in [2.45, 2.75) is 13.2 Å². The fraction of sp³-hybridized carbons (Fsp3) is 0.200. The first kappa shape index (κ1) is 15.5. The fourth-order valence-corrected chi connectivity index (χ4v) is 2.55. The van der Waals surface area contributed by atoms with Crippen molar-refractivity contribution in [3.8, 4) is 5.75 Å². The summed E-state index contributed by atoms with van der Waals surface area (Å²) in [5, 5.41) is 3.10. The molecule has 0 unspecified atom stereocenters. The lowest BCUT2D eigenvalue weighted by atomic mass is 10.2. The van der Waals surface area contributed by atoms with E-state index in [-0.39, 0.29) is 5.82 Å². The molecule has 0 fully saturated rings. The molecule has 20 heavy (non-hydrogen) atoms. The molecule has 0 aliphatic heterocycles. The number of ether oxygens (including phenoxy) is 1. The minimum Gasteiger partial charge on any atom is -0.489 e. The second kappa shape index (κ2) is 7.20. The maximum Gasteiger partial charge on any atom is 0.137 e. The van der Waals surface area contributed by atoms with Gasteiger partial charge in [-0.3, -0.25) is 0 Å². The Balaban J connectivity index is 2.11. The van der Waals surface area contributed by atoms with Crippen molar-refractivity contribution in [3.63, 3.8) is 0 Å². The summed E-state index contributed by atoms with van der Waals surface area (Å²) in [6, 6.07) is 10.7.